The van der Waals surface area contributed by atoms with Crippen molar-refractivity contribution < 1.29 is 27.5 Å². The fraction of sp³-hybridized carbons (Fsp3) is 0.316. The Balaban J connectivity index is 1.44. The number of imidazole rings is 1. The molecule has 1 unspecified atom stereocenters. The van der Waals surface area contributed by atoms with Crippen LogP contribution in [0.5, 0.6) is 0 Å². The van der Waals surface area contributed by atoms with Crippen LogP contribution in [0, 0.1) is 0 Å². The number of hydrogen-bond acceptors (Lipinski definition) is 5. The van der Waals surface area contributed by atoms with Gasteiger partial charge in [-0.1, -0.05) is 6.07 Å². The molecule has 1 fully saturated rings. The number of halogens is 3. The molecule has 3 heterocycles. The summed E-state index contributed by atoms with van der Waals surface area (Å²) in [5.41, 5.74) is 1.95. The molecule has 11 heteroatoms. The molecular formula is C19H17F3N4O3S. The van der Waals surface area contributed by atoms with E-state index in [1.54, 1.807) is 29.5 Å². The van der Waals surface area contributed by atoms with Crippen LogP contribution in [0.2, 0.25) is 0 Å². The summed E-state index contributed by atoms with van der Waals surface area (Å²) in [5, 5.41) is 4.67. The lowest BCUT2D eigenvalue weighted by molar-refractivity contribution is -0.162. The van der Waals surface area contributed by atoms with Crippen molar-refractivity contribution >= 4 is 40.1 Å². The van der Waals surface area contributed by atoms with Gasteiger partial charge in [0.05, 0.1) is 15.9 Å². The van der Waals surface area contributed by atoms with Crippen LogP contribution >= 0.6 is 11.3 Å². The smallest absolute Gasteiger partial charge is 0.422 e. The number of benzene rings is 1. The highest BCUT2D eigenvalue weighted by Crippen LogP contribution is 2.27. The number of H-pyrrole nitrogens is 1. The van der Waals surface area contributed by atoms with Gasteiger partial charge in [-0.2, -0.15) is 13.2 Å². The normalized spacial score (nSPS) is 16.8. The molecule has 7 nitrogen and oxygen atoms in total. The highest BCUT2D eigenvalue weighted by Gasteiger charge is 2.37. The molecule has 0 aliphatic carbocycles. The number of likely N-dealkylation sites (tertiary alicyclic amines) is 1. The van der Waals surface area contributed by atoms with Crippen LogP contribution in [0.4, 0.5) is 23.7 Å². The van der Waals surface area contributed by atoms with Crippen LogP contribution < -0.4 is 5.32 Å². The number of rotatable bonds is 4. The van der Waals surface area contributed by atoms with Gasteiger partial charge in [0.25, 0.3) is 0 Å². The molecule has 0 radical (unpaired) electrons. The molecule has 0 spiro atoms. The fourth-order valence-electron chi connectivity index (χ4n) is 3.33. The van der Waals surface area contributed by atoms with Gasteiger partial charge in [0.1, 0.15) is 11.9 Å². The number of nitrogens with zero attached hydrogens (tertiary/aromatic N) is 2. The minimum absolute atomic E-state index is 0.165. The zero-order chi connectivity index (χ0) is 21.3. The number of carbonyl (C=O) groups is 2. The van der Waals surface area contributed by atoms with Crippen molar-refractivity contribution in [2.24, 2.45) is 0 Å². The molecular weight excluding hydrogens is 421 g/mol. The van der Waals surface area contributed by atoms with Crippen molar-refractivity contribution in [3.05, 3.63) is 35.7 Å². The number of carbonyl (C=O) groups excluding carboxylic acids is 2. The monoisotopic (exact) mass is 438 g/mol. The highest BCUT2D eigenvalue weighted by atomic mass is 32.1. The predicted molar refractivity (Wildman–Crippen MR) is 105 cm³/mol. The first-order valence-corrected chi connectivity index (χ1v) is 10.0. The van der Waals surface area contributed by atoms with E-state index in [2.05, 4.69) is 20.0 Å². The van der Waals surface area contributed by atoms with E-state index in [0.717, 1.165) is 26.6 Å². The second-order valence-electron chi connectivity index (χ2n) is 6.81. The first kappa shape index (κ1) is 20.2. The molecule has 3 aromatic rings. The van der Waals surface area contributed by atoms with E-state index in [9.17, 15) is 22.8 Å². The molecule has 0 bridgehead atoms. The van der Waals surface area contributed by atoms with Gasteiger partial charge in [-0.3, -0.25) is 9.69 Å². The Morgan fingerprint density at radius 2 is 2.17 bits per heavy atom. The number of aromatic amines is 1. The Hall–Kier alpha value is -3.08. The van der Waals surface area contributed by atoms with E-state index in [1.807, 2.05) is 17.5 Å². The third-order valence-electron chi connectivity index (χ3n) is 4.65. The maximum Gasteiger partial charge on any atom is 0.422 e. The summed E-state index contributed by atoms with van der Waals surface area (Å²) < 4.78 is 41.1. The summed E-state index contributed by atoms with van der Waals surface area (Å²) in [6.45, 7) is -1.52. The minimum Gasteiger partial charge on any atom is -0.440 e. The molecule has 1 aliphatic rings. The zero-order valence-electron chi connectivity index (χ0n) is 15.5. The average molecular weight is 438 g/mol. The first-order valence-electron chi connectivity index (χ1n) is 9.15. The molecule has 4 rings (SSSR count). The molecule has 1 aromatic carbocycles. The van der Waals surface area contributed by atoms with Crippen LogP contribution in [0.3, 0.4) is 0 Å². The second-order valence-corrected chi connectivity index (χ2v) is 7.75. The Morgan fingerprint density at radius 3 is 2.90 bits per heavy atom. The van der Waals surface area contributed by atoms with Crippen molar-refractivity contribution in [1.29, 1.82) is 0 Å². The lowest BCUT2D eigenvalue weighted by Gasteiger charge is -2.23. The van der Waals surface area contributed by atoms with Gasteiger partial charge in [-0.15, -0.1) is 11.3 Å². The highest BCUT2D eigenvalue weighted by molar-refractivity contribution is 7.13. The standard InChI is InChI=1S/C19H17F3N4O3S/c20-19(21,22)10-29-18(28)26-7-1-3-14(26)17(27)23-11-5-6-12-13(9-11)25-16(24-12)15-4-2-8-30-15/h2,4-6,8-9,14H,1,3,7,10H2,(H,23,27)(H,24,25). The maximum atomic E-state index is 12.7. The van der Waals surface area contributed by atoms with Crippen LogP contribution in [0.15, 0.2) is 35.7 Å². The third kappa shape index (κ3) is 4.40. The molecule has 1 saturated heterocycles. The lowest BCUT2D eigenvalue weighted by Crippen LogP contribution is -2.44. The summed E-state index contributed by atoms with van der Waals surface area (Å²) in [6, 6.07) is 8.13. The predicted octanol–water partition coefficient (Wildman–Crippen LogP) is 4.39. The molecule has 2 N–H and O–H groups in total. The zero-order valence-corrected chi connectivity index (χ0v) is 16.3. The van der Waals surface area contributed by atoms with Gasteiger partial charge >= 0.3 is 12.3 Å². The molecule has 2 aromatic heterocycles. The number of amides is 2. The molecule has 158 valence electrons. The third-order valence-corrected chi connectivity index (χ3v) is 5.53. The molecule has 30 heavy (non-hydrogen) atoms. The number of alkyl halides is 3. The van der Waals surface area contributed by atoms with Crippen molar-refractivity contribution in [1.82, 2.24) is 14.9 Å². The van der Waals surface area contributed by atoms with E-state index < -0.39 is 30.8 Å². The summed E-state index contributed by atoms with van der Waals surface area (Å²) in [5.74, 6) is 0.242. The molecule has 0 saturated carbocycles. The number of nitrogens with one attached hydrogen (secondary N) is 2. The van der Waals surface area contributed by atoms with Gasteiger partial charge in [-0.25, -0.2) is 9.78 Å². The van der Waals surface area contributed by atoms with Crippen molar-refractivity contribution in [2.45, 2.75) is 25.1 Å². The quantitative estimate of drug-likeness (QED) is 0.632. The van der Waals surface area contributed by atoms with Crippen molar-refractivity contribution in [2.75, 3.05) is 18.5 Å². The second kappa shape index (κ2) is 7.98. The van der Waals surface area contributed by atoms with E-state index in [0.29, 0.717) is 18.5 Å². The van der Waals surface area contributed by atoms with Gasteiger partial charge in [-0.05, 0) is 42.5 Å². The number of ether oxygens (including phenoxy) is 1. The Kier molecular flexibility index (Phi) is 5.37. The van der Waals surface area contributed by atoms with Crippen LogP contribution in [-0.2, 0) is 9.53 Å². The summed E-state index contributed by atoms with van der Waals surface area (Å²) >= 11 is 1.55. The molecule has 1 aliphatic heterocycles. The van der Waals surface area contributed by atoms with E-state index >= 15 is 0 Å². The Bertz CT molecular complexity index is 1060. The summed E-state index contributed by atoms with van der Waals surface area (Å²) in [6.07, 6.45) is -4.91. The minimum atomic E-state index is -4.62. The van der Waals surface area contributed by atoms with Crippen LogP contribution in [0.25, 0.3) is 21.7 Å². The van der Waals surface area contributed by atoms with Gasteiger partial charge in [0.15, 0.2) is 6.61 Å². The first-order chi connectivity index (χ1) is 14.3. The average Bonchev–Trinajstić information content (AvgIpc) is 3.44. The van der Waals surface area contributed by atoms with E-state index in [-0.39, 0.29) is 6.54 Å². The van der Waals surface area contributed by atoms with E-state index in [1.165, 1.54) is 0 Å². The number of thiophene rings is 1. The van der Waals surface area contributed by atoms with Gasteiger partial charge < -0.3 is 15.0 Å². The lowest BCUT2D eigenvalue weighted by atomic mass is 10.2. The summed E-state index contributed by atoms with van der Waals surface area (Å²) in [4.78, 5) is 34.3. The largest absolute Gasteiger partial charge is 0.440 e. The van der Waals surface area contributed by atoms with Gasteiger partial charge in [0.2, 0.25) is 5.91 Å². The van der Waals surface area contributed by atoms with Crippen molar-refractivity contribution in [3.8, 4) is 10.7 Å². The maximum absolute atomic E-state index is 12.7. The Labute approximate surface area is 172 Å². The van der Waals surface area contributed by atoms with Gasteiger partial charge in [0, 0.05) is 12.2 Å². The number of hydrogen-bond donors (Lipinski definition) is 2. The van der Waals surface area contributed by atoms with Crippen LogP contribution in [0.1, 0.15) is 12.8 Å². The SMILES string of the molecule is O=C(Nc1ccc2nc(-c3cccs3)[nH]c2c1)C1CCCN1C(=O)OCC(F)(F)F. The number of fused-ring (bicyclic) bond motifs is 1. The van der Waals surface area contributed by atoms with Crippen LogP contribution in [-0.4, -0.2) is 52.2 Å². The van der Waals surface area contributed by atoms with Crippen molar-refractivity contribution in [3.63, 3.8) is 0 Å². The fourth-order valence-corrected chi connectivity index (χ4v) is 4.00. The van der Waals surface area contributed by atoms with E-state index in [4.69, 9.17) is 0 Å². The summed E-state index contributed by atoms with van der Waals surface area (Å²) in [7, 11) is 0. The Morgan fingerprint density at radius 1 is 1.33 bits per heavy atom. The number of aromatic nitrogens is 2. The topological polar surface area (TPSA) is 87.3 Å². The molecule has 2 amide bonds. The molecule has 1 atom stereocenters. The number of anilines is 1.